The lowest BCUT2D eigenvalue weighted by Crippen LogP contribution is -2.36. The smallest absolute Gasteiger partial charge is 0.191 e. The molecule has 2 N–H and O–H groups in total. The number of aryl methyl sites for hydroxylation is 1. The first-order valence-corrected chi connectivity index (χ1v) is 10.2. The maximum absolute atomic E-state index is 5.83. The fourth-order valence-electron chi connectivity index (χ4n) is 2.60. The van der Waals surface area contributed by atoms with Gasteiger partial charge in [-0.3, -0.25) is 4.99 Å². The molecule has 0 saturated carbocycles. The zero-order valence-electron chi connectivity index (χ0n) is 16.7. The van der Waals surface area contributed by atoms with Gasteiger partial charge in [-0.05, 0) is 29.7 Å². The van der Waals surface area contributed by atoms with Gasteiger partial charge in [-0.15, -0.1) is 35.3 Å². The summed E-state index contributed by atoms with van der Waals surface area (Å²) in [5, 5.41) is 7.70. The van der Waals surface area contributed by atoms with Gasteiger partial charge in [0.15, 0.2) is 5.96 Å². The molecule has 0 radical (unpaired) electrons. The molecule has 0 unspecified atom stereocenters. The van der Waals surface area contributed by atoms with Crippen molar-refractivity contribution in [2.75, 3.05) is 7.05 Å². The number of ether oxygens (including phenoxy) is 1. The van der Waals surface area contributed by atoms with Crippen LogP contribution in [-0.4, -0.2) is 18.0 Å². The van der Waals surface area contributed by atoms with Gasteiger partial charge < -0.3 is 15.4 Å². The Kier molecular flexibility index (Phi) is 9.93. The molecule has 0 aliphatic rings. The largest absolute Gasteiger partial charge is 0.489 e. The van der Waals surface area contributed by atoms with E-state index in [0.29, 0.717) is 19.7 Å². The van der Waals surface area contributed by atoms with Crippen LogP contribution >= 0.6 is 35.3 Å². The Morgan fingerprint density at radius 2 is 1.72 bits per heavy atom. The molecule has 0 bridgehead atoms. The minimum Gasteiger partial charge on any atom is -0.489 e. The summed E-state index contributed by atoms with van der Waals surface area (Å²) in [6.45, 7) is 4.09. The van der Waals surface area contributed by atoms with Crippen molar-refractivity contribution in [3.63, 3.8) is 0 Å². The highest BCUT2D eigenvalue weighted by Crippen LogP contribution is 2.15. The molecule has 3 rings (SSSR count). The second kappa shape index (κ2) is 12.4. The zero-order chi connectivity index (χ0) is 19.6. The van der Waals surface area contributed by atoms with E-state index in [0.717, 1.165) is 34.3 Å². The van der Waals surface area contributed by atoms with Crippen LogP contribution in [0, 0.1) is 0 Å². The lowest BCUT2D eigenvalue weighted by atomic mass is 10.2. The first-order chi connectivity index (χ1) is 13.8. The SMILES string of the molecule is CCc1cnc(CNC(=NC)NCc2ccc(OCc3ccccc3)cc2)s1.I. The van der Waals surface area contributed by atoms with E-state index >= 15 is 0 Å². The van der Waals surface area contributed by atoms with Gasteiger partial charge in [-0.1, -0.05) is 49.4 Å². The molecule has 0 amide bonds. The Morgan fingerprint density at radius 1 is 1.00 bits per heavy atom. The van der Waals surface area contributed by atoms with Crippen molar-refractivity contribution in [2.24, 2.45) is 4.99 Å². The Bertz CT molecular complexity index is 881. The highest BCUT2D eigenvalue weighted by Gasteiger charge is 2.03. The minimum atomic E-state index is 0. The first-order valence-electron chi connectivity index (χ1n) is 9.40. The van der Waals surface area contributed by atoms with Gasteiger partial charge in [0.1, 0.15) is 17.4 Å². The summed E-state index contributed by atoms with van der Waals surface area (Å²) in [4.78, 5) is 9.99. The lowest BCUT2D eigenvalue weighted by molar-refractivity contribution is 0.306. The summed E-state index contributed by atoms with van der Waals surface area (Å²) in [5.74, 6) is 1.63. The second-order valence-corrected chi connectivity index (χ2v) is 7.47. The van der Waals surface area contributed by atoms with Gasteiger partial charge in [0.05, 0.1) is 6.54 Å². The molecule has 0 spiro atoms. The number of hydrogen-bond donors (Lipinski definition) is 2. The van der Waals surface area contributed by atoms with E-state index in [1.807, 2.05) is 36.5 Å². The third kappa shape index (κ3) is 7.66. The first kappa shape index (κ1) is 23.2. The van der Waals surface area contributed by atoms with Crippen LogP contribution in [0.5, 0.6) is 5.75 Å². The van der Waals surface area contributed by atoms with Crippen molar-refractivity contribution >= 4 is 41.3 Å². The van der Waals surface area contributed by atoms with Crippen LogP contribution in [0.3, 0.4) is 0 Å². The van der Waals surface area contributed by atoms with Crippen LogP contribution < -0.4 is 15.4 Å². The molecule has 0 aliphatic heterocycles. The van der Waals surface area contributed by atoms with Crippen molar-refractivity contribution in [2.45, 2.75) is 33.0 Å². The summed E-state index contributed by atoms with van der Waals surface area (Å²) in [6, 6.07) is 18.3. The van der Waals surface area contributed by atoms with Crippen molar-refractivity contribution in [3.8, 4) is 5.75 Å². The molecule has 1 aromatic heterocycles. The van der Waals surface area contributed by atoms with Crippen molar-refractivity contribution in [1.29, 1.82) is 0 Å². The third-order valence-corrected chi connectivity index (χ3v) is 5.35. The van der Waals surface area contributed by atoms with E-state index < -0.39 is 0 Å². The molecule has 29 heavy (non-hydrogen) atoms. The number of aromatic nitrogens is 1. The summed E-state index contributed by atoms with van der Waals surface area (Å²) in [5.41, 5.74) is 2.33. The summed E-state index contributed by atoms with van der Waals surface area (Å²) in [7, 11) is 1.77. The zero-order valence-corrected chi connectivity index (χ0v) is 19.9. The average molecular weight is 522 g/mol. The van der Waals surface area contributed by atoms with E-state index in [1.165, 1.54) is 4.88 Å². The van der Waals surface area contributed by atoms with E-state index in [1.54, 1.807) is 18.4 Å². The topological polar surface area (TPSA) is 58.5 Å². The van der Waals surface area contributed by atoms with Crippen molar-refractivity contribution < 1.29 is 4.74 Å². The van der Waals surface area contributed by atoms with Gasteiger partial charge >= 0.3 is 0 Å². The average Bonchev–Trinajstić information content (AvgIpc) is 3.22. The van der Waals surface area contributed by atoms with E-state index in [2.05, 4.69) is 51.8 Å². The highest BCUT2D eigenvalue weighted by molar-refractivity contribution is 14.0. The predicted molar refractivity (Wildman–Crippen MR) is 131 cm³/mol. The number of aliphatic imine (C=N–C) groups is 1. The van der Waals surface area contributed by atoms with Crippen LogP contribution in [0.15, 0.2) is 65.8 Å². The summed E-state index contributed by atoms with van der Waals surface area (Å²) < 4.78 is 5.83. The monoisotopic (exact) mass is 522 g/mol. The second-order valence-electron chi connectivity index (χ2n) is 6.27. The Hall–Kier alpha value is -2.13. The lowest BCUT2D eigenvalue weighted by Gasteiger charge is -2.11. The number of benzene rings is 2. The Labute approximate surface area is 193 Å². The van der Waals surface area contributed by atoms with Crippen LogP contribution in [0.2, 0.25) is 0 Å². The predicted octanol–water partition coefficient (Wildman–Crippen LogP) is 4.77. The molecule has 0 atom stereocenters. The number of thiazole rings is 1. The number of halogens is 1. The van der Waals surface area contributed by atoms with Crippen LogP contribution in [-0.2, 0) is 26.1 Å². The molecule has 7 heteroatoms. The molecule has 1 heterocycles. The van der Waals surface area contributed by atoms with E-state index in [-0.39, 0.29) is 24.0 Å². The summed E-state index contributed by atoms with van der Waals surface area (Å²) in [6.07, 6.45) is 2.97. The number of guanidine groups is 1. The normalized spacial score (nSPS) is 10.9. The number of hydrogen-bond acceptors (Lipinski definition) is 4. The van der Waals surface area contributed by atoms with Crippen LogP contribution in [0.1, 0.15) is 27.9 Å². The van der Waals surface area contributed by atoms with E-state index in [4.69, 9.17) is 4.74 Å². The number of nitrogens with zero attached hydrogens (tertiary/aromatic N) is 2. The molecule has 3 aromatic rings. The van der Waals surface area contributed by atoms with Crippen LogP contribution in [0.25, 0.3) is 0 Å². The third-order valence-electron chi connectivity index (χ3n) is 4.21. The summed E-state index contributed by atoms with van der Waals surface area (Å²) >= 11 is 1.73. The maximum atomic E-state index is 5.83. The molecular formula is C22H27IN4OS. The van der Waals surface area contributed by atoms with E-state index in [9.17, 15) is 0 Å². The van der Waals surface area contributed by atoms with Gasteiger partial charge in [-0.2, -0.15) is 0 Å². The fourth-order valence-corrected chi connectivity index (χ4v) is 3.41. The van der Waals surface area contributed by atoms with Gasteiger partial charge in [0.25, 0.3) is 0 Å². The molecule has 5 nitrogen and oxygen atoms in total. The molecule has 154 valence electrons. The Balaban J connectivity index is 0.00000300. The molecule has 0 aliphatic carbocycles. The number of rotatable bonds is 8. The van der Waals surface area contributed by atoms with Gasteiger partial charge in [0.2, 0.25) is 0 Å². The Morgan fingerprint density at radius 3 is 2.38 bits per heavy atom. The number of nitrogens with one attached hydrogen (secondary N) is 2. The van der Waals surface area contributed by atoms with Crippen molar-refractivity contribution in [3.05, 3.63) is 81.8 Å². The molecule has 2 aromatic carbocycles. The van der Waals surface area contributed by atoms with Crippen LogP contribution in [0.4, 0.5) is 0 Å². The fraction of sp³-hybridized carbons (Fsp3) is 0.273. The minimum absolute atomic E-state index is 0. The molecule has 0 saturated heterocycles. The molecular weight excluding hydrogens is 495 g/mol. The standard InChI is InChI=1S/C22H26N4OS.HI/c1-3-20-14-24-21(28-20)15-26-22(23-2)25-13-17-9-11-19(12-10-17)27-16-18-7-5-4-6-8-18;/h4-12,14H,3,13,15-16H2,1-2H3,(H2,23,25,26);1H. The van der Waals surface area contributed by atoms with Gasteiger partial charge in [0, 0.05) is 24.7 Å². The quantitative estimate of drug-likeness (QED) is 0.254. The van der Waals surface area contributed by atoms with Crippen molar-refractivity contribution in [1.82, 2.24) is 15.6 Å². The molecule has 0 fully saturated rings. The maximum Gasteiger partial charge on any atom is 0.191 e. The van der Waals surface area contributed by atoms with Gasteiger partial charge in [-0.25, -0.2) is 4.98 Å². The highest BCUT2D eigenvalue weighted by atomic mass is 127.